The van der Waals surface area contributed by atoms with Crippen LogP contribution in [0.3, 0.4) is 0 Å². The maximum absolute atomic E-state index is 13.2. The minimum atomic E-state index is -0.179. The van der Waals surface area contributed by atoms with Gasteiger partial charge in [-0.1, -0.05) is 6.07 Å². The van der Waals surface area contributed by atoms with Crippen LogP contribution in [0.1, 0.15) is 31.9 Å². The molecule has 18 heavy (non-hydrogen) atoms. The molecule has 1 atom stereocenters. The van der Waals surface area contributed by atoms with Crippen molar-refractivity contribution in [1.82, 2.24) is 5.32 Å². The highest BCUT2D eigenvalue weighted by Gasteiger charge is 2.15. The molecule has 2 nitrogen and oxygen atoms in total. The number of hydrogen-bond donors (Lipinski definition) is 1. The molecule has 0 amide bonds. The topological polar surface area (TPSA) is 21.3 Å². The molecule has 0 spiro atoms. The number of halogens is 1. The first-order chi connectivity index (χ1) is 8.31. The zero-order valence-electron chi connectivity index (χ0n) is 12.0. The third-order valence-corrected chi connectivity index (χ3v) is 2.90. The third-order valence-electron chi connectivity index (χ3n) is 2.90. The van der Waals surface area contributed by atoms with E-state index in [2.05, 4.69) is 5.32 Å². The molecule has 0 aliphatic rings. The van der Waals surface area contributed by atoms with Gasteiger partial charge in [0.05, 0.1) is 12.2 Å². The van der Waals surface area contributed by atoms with E-state index in [0.717, 1.165) is 17.5 Å². The van der Waals surface area contributed by atoms with Crippen LogP contribution in [0.4, 0.5) is 4.39 Å². The lowest BCUT2D eigenvalue weighted by atomic mass is 10.0. The van der Waals surface area contributed by atoms with Crippen LogP contribution in [0.15, 0.2) is 18.2 Å². The monoisotopic (exact) mass is 253 g/mol. The van der Waals surface area contributed by atoms with E-state index in [9.17, 15) is 4.39 Å². The predicted molar refractivity (Wildman–Crippen MR) is 73.4 cm³/mol. The molecule has 0 bridgehead atoms. The van der Waals surface area contributed by atoms with Crippen LogP contribution in [0.5, 0.6) is 0 Å². The van der Waals surface area contributed by atoms with Crippen LogP contribution >= 0.6 is 0 Å². The van der Waals surface area contributed by atoms with Gasteiger partial charge in [0.25, 0.3) is 0 Å². The fourth-order valence-corrected chi connectivity index (χ4v) is 1.72. The quantitative estimate of drug-likeness (QED) is 0.870. The second kappa shape index (κ2) is 6.30. The molecule has 0 saturated carbocycles. The number of hydrogen-bond acceptors (Lipinski definition) is 2. The average Bonchev–Trinajstić information content (AvgIpc) is 2.27. The second-order valence-electron chi connectivity index (χ2n) is 5.68. The van der Waals surface area contributed by atoms with Gasteiger partial charge in [0.1, 0.15) is 5.82 Å². The average molecular weight is 253 g/mol. The van der Waals surface area contributed by atoms with Gasteiger partial charge in [0.2, 0.25) is 0 Å². The van der Waals surface area contributed by atoms with Gasteiger partial charge in [-0.25, -0.2) is 4.39 Å². The Morgan fingerprint density at radius 1 is 1.33 bits per heavy atom. The summed E-state index contributed by atoms with van der Waals surface area (Å²) in [6, 6.07) is 5.13. The summed E-state index contributed by atoms with van der Waals surface area (Å²) in [6.07, 6.45) is 0.774. The Morgan fingerprint density at radius 2 is 2.00 bits per heavy atom. The highest BCUT2D eigenvalue weighted by Crippen LogP contribution is 2.14. The van der Waals surface area contributed by atoms with Crippen molar-refractivity contribution in [3.8, 4) is 0 Å². The maximum atomic E-state index is 13.2. The largest absolute Gasteiger partial charge is 0.374 e. The van der Waals surface area contributed by atoms with Gasteiger partial charge in [0.15, 0.2) is 0 Å². The molecule has 0 fully saturated rings. The van der Waals surface area contributed by atoms with Crippen molar-refractivity contribution >= 4 is 0 Å². The van der Waals surface area contributed by atoms with E-state index in [0.29, 0.717) is 6.61 Å². The zero-order chi connectivity index (χ0) is 13.8. The molecule has 0 aliphatic heterocycles. The normalized spacial score (nSPS) is 13.7. The first-order valence-corrected chi connectivity index (χ1v) is 6.38. The molecular weight excluding hydrogens is 229 g/mol. The molecule has 1 unspecified atom stereocenters. The van der Waals surface area contributed by atoms with Crippen LogP contribution < -0.4 is 5.32 Å². The fraction of sp³-hybridized carbons (Fsp3) is 0.600. The number of rotatable bonds is 5. The van der Waals surface area contributed by atoms with Crippen LogP contribution in [-0.2, 0) is 11.2 Å². The Bertz CT molecular complexity index is 385. The van der Waals surface area contributed by atoms with Crippen LogP contribution in [-0.4, -0.2) is 25.3 Å². The Kier molecular flexibility index (Phi) is 5.29. The summed E-state index contributed by atoms with van der Waals surface area (Å²) in [5.74, 6) is -0.179. The summed E-state index contributed by atoms with van der Waals surface area (Å²) in [4.78, 5) is 0. The standard InChI is InChI=1S/C15H24FNO/c1-11-6-7-13(16)8-12(11)9-14(17-5)10-18-15(2,3)4/h6-8,14,17H,9-10H2,1-5H3. The number of nitrogens with one attached hydrogen (secondary N) is 1. The SMILES string of the molecule is CNC(COC(C)(C)C)Cc1cc(F)ccc1C. The Hall–Kier alpha value is -0.930. The summed E-state index contributed by atoms with van der Waals surface area (Å²) < 4.78 is 19.0. The van der Waals surface area contributed by atoms with Crippen molar-refractivity contribution in [1.29, 1.82) is 0 Å². The van der Waals surface area contributed by atoms with Gasteiger partial charge < -0.3 is 10.1 Å². The lowest BCUT2D eigenvalue weighted by Gasteiger charge is -2.24. The molecule has 0 heterocycles. The van der Waals surface area contributed by atoms with E-state index in [1.807, 2.05) is 40.8 Å². The van der Waals surface area contributed by atoms with Crippen molar-refractivity contribution in [3.05, 3.63) is 35.1 Å². The smallest absolute Gasteiger partial charge is 0.123 e. The lowest BCUT2D eigenvalue weighted by Crippen LogP contribution is -2.36. The van der Waals surface area contributed by atoms with Gasteiger partial charge in [-0.05, 0) is 64.4 Å². The van der Waals surface area contributed by atoms with E-state index >= 15 is 0 Å². The molecule has 1 aromatic rings. The van der Waals surface area contributed by atoms with Crippen LogP contribution in [0.2, 0.25) is 0 Å². The van der Waals surface area contributed by atoms with Crippen LogP contribution in [0, 0.1) is 12.7 Å². The molecule has 1 N–H and O–H groups in total. The molecule has 0 aromatic heterocycles. The Morgan fingerprint density at radius 3 is 2.56 bits per heavy atom. The van der Waals surface area contributed by atoms with Crippen molar-refractivity contribution in [2.75, 3.05) is 13.7 Å². The first kappa shape index (κ1) is 15.1. The van der Waals surface area contributed by atoms with Crippen molar-refractivity contribution in [2.45, 2.75) is 45.8 Å². The van der Waals surface area contributed by atoms with Gasteiger partial charge >= 0.3 is 0 Å². The van der Waals surface area contributed by atoms with Crippen molar-refractivity contribution < 1.29 is 9.13 Å². The minimum Gasteiger partial charge on any atom is -0.374 e. The molecular formula is C15H24FNO. The third kappa shape index (κ3) is 5.15. The van der Waals surface area contributed by atoms with E-state index in [1.54, 1.807) is 6.07 Å². The fourth-order valence-electron chi connectivity index (χ4n) is 1.72. The summed E-state index contributed by atoms with van der Waals surface area (Å²) in [5.41, 5.74) is 2.01. The number of ether oxygens (including phenoxy) is 1. The van der Waals surface area contributed by atoms with Gasteiger partial charge in [-0.2, -0.15) is 0 Å². The molecule has 1 rings (SSSR count). The van der Waals surface area contributed by atoms with E-state index in [4.69, 9.17) is 4.74 Å². The highest BCUT2D eigenvalue weighted by molar-refractivity contribution is 5.27. The predicted octanol–water partition coefficient (Wildman–Crippen LogP) is 3.08. The summed E-state index contributed by atoms with van der Waals surface area (Å²) in [5, 5.41) is 3.22. The number of likely N-dealkylation sites (N-methyl/N-ethyl adjacent to an activating group) is 1. The molecule has 102 valence electrons. The van der Waals surface area contributed by atoms with Crippen molar-refractivity contribution in [3.63, 3.8) is 0 Å². The van der Waals surface area contributed by atoms with E-state index < -0.39 is 0 Å². The second-order valence-corrected chi connectivity index (χ2v) is 5.68. The summed E-state index contributed by atoms with van der Waals surface area (Å²) >= 11 is 0. The van der Waals surface area contributed by atoms with Gasteiger partial charge in [-0.3, -0.25) is 0 Å². The highest BCUT2D eigenvalue weighted by atomic mass is 19.1. The van der Waals surface area contributed by atoms with Crippen LogP contribution in [0.25, 0.3) is 0 Å². The first-order valence-electron chi connectivity index (χ1n) is 6.38. The molecule has 0 aliphatic carbocycles. The lowest BCUT2D eigenvalue weighted by molar-refractivity contribution is -0.0135. The maximum Gasteiger partial charge on any atom is 0.123 e. The number of benzene rings is 1. The van der Waals surface area contributed by atoms with E-state index in [-0.39, 0.29) is 17.5 Å². The van der Waals surface area contributed by atoms with Gasteiger partial charge in [-0.15, -0.1) is 0 Å². The summed E-state index contributed by atoms with van der Waals surface area (Å²) in [7, 11) is 1.91. The van der Waals surface area contributed by atoms with Crippen molar-refractivity contribution in [2.24, 2.45) is 0 Å². The molecule has 3 heteroatoms. The van der Waals surface area contributed by atoms with E-state index in [1.165, 1.54) is 6.07 Å². The minimum absolute atomic E-state index is 0.147. The zero-order valence-corrected chi connectivity index (χ0v) is 12.0. The molecule has 0 radical (unpaired) electrons. The van der Waals surface area contributed by atoms with Gasteiger partial charge in [0, 0.05) is 6.04 Å². The number of aryl methyl sites for hydroxylation is 1. The Labute approximate surface area is 110 Å². The molecule has 1 aromatic carbocycles. The Balaban J connectivity index is 2.65. The summed E-state index contributed by atoms with van der Waals surface area (Å²) in [6.45, 7) is 8.73. The molecule has 0 saturated heterocycles.